The molecule has 2 rings (SSSR count). The van der Waals surface area contributed by atoms with Crippen molar-refractivity contribution in [1.82, 2.24) is 5.32 Å². The molecule has 0 spiro atoms. The van der Waals surface area contributed by atoms with Gasteiger partial charge in [-0.15, -0.1) is 12.4 Å². The van der Waals surface area contributed by atoms with Gasteiger partial charge in [0.1, 0.15) is 5.75 Å². The molecule has 2 amide bonds. The van der Waals surface area contributed by atoms with E-state index < -0.39 is 5.54 Å². The summed E-state index contributed by atoms with van der Waals surface area (Å²) in [5, 5.41) is 5.65. The van der Waals surface area contributed by atoms with E-state index in [1.54, 1.807) is 36.4 Å². The first-order valence-electron chi connectivity index (χ1n) is 8.60. The van der Waals surface area contributed by atoms with Crippen molar-refractivity contribution in [2.24, 2.45) is 5.73 Å². The van der Waals surface area contributed by atoms with Crippen molar-refractivity contribution in [2.75, 3.05) is 18.5 Å². The van der Waals surface area contributed by atoms with Gasteiger partial charge < -0.3 is 25.5 Å². The molecule has 0 atom stereocenters. The SMILES string of the molecule is CCC(CC)(CN)NC(=O)COc1cccc(NC(=O)c2ccco2)c1.Cl. The topological polar surface area (TPSA) is 107 Å². The molecule has 0 unspecified atom stereocenters. The van der Waals surface area contributed by atoms with Crippen molar-refractivity contribution in [3.05, 3.63) is 48.4 Å². The molecule has 27 heavy (non-hydrogen) atoms. The van der Waals surface area contributed by atoms with Gasteiger partial charge in [0.25, 0.3) is 11.8 Å². The highest BCUT2D eigenvalue weighted by atomic mass is 35.5. The van der Waals surface area contributed by atoms with Crippen LogP contribution in [0.15, 0.2) is 47.1 Å². The average Bonchev–Trinajstić information content (AvgIpc) is 3.20. The fraction of sp³-hybridized carbons (Fsp3) is 0.368. The van der Waals surface area contributed by atoms with Crippen LogP contribution >= 0.6 is 12.4 Å². The molecule has 0 aliphatic heterocycles. The molecule has 0 aliphatic rings. The second-order valence-corrected chi connectivity index (χ2v) is 5.99. The summed E-state index contributed by atoms with van der Waals surface area (Å²) in [7, 11) is 0. The van der Waals surface area contributed by atoms with E-state index in [9.17, 15) is 9.59 Å². The fourth-order valence-corrected chi connectivity index (χ4v) is 2.51. The maximum Gasteiger partial charge on any atom is 0.291 e. The lowest BCUT2D eigenvalue weighted by Gasteiger charge is -2.31. The molecule has 0 bridgehead atoms. The number of nitrogens with two attached hydrogens (primary N) is 1. The summed E-state index contributed by atoms with van der Waals surface area (Å²) in [5.41, 5.74) is 5.93. The number of hydrogen-bond donors (Lipinski definition) is 3. The van der Waals surface area contributed by atoms with Gasteiger partial charge in [0.05, 0.1) is 11.8 Å². The largest absolute Gasteiger partial charge is 0.484 e. The Hall–Kier alpha value is -2.51. The van der Waals surface area contributed by atoms with Crippen LogP contribution in [-0.4, -0.2) is 30.5 Å². The van der Waals surface area contributed by atoms with Crippen molar-refractivity contribution < 1.29 is 18.7 Å². The number of ether oxygens (including phenoxy) is 1. The number of anilines is 1. The van der Waals surface area contributed by atoms with Crippen molar-refractivity contribution in [1.29, 1.82) is 0 Å². The quantitative estimate of drug-likeness (QED) is 0.605. The molecule has 0 saturated heterocycles. The summed E-state index contributed by atoms with van der Waals surface area (Å²) < 4.78 is 10.6. The van der Waals surface area contributed by atoms with Gasteiger partial charge in [0.15, 0.2) is 12.4 Å². The Morgan fingerprint density at radius 3 is 2.52 bits per heavy atom. The van der Waals surface area contributed by atoms with Crippen LogP contribution in [0.5, 0.6) is 5.75 Å². The average molecular weight is 396 g/mol. The summed E-state index contributed by atoms with van der Waals surface area (Å²) in [6.07, 6.45) is 2.93. The number of hydrogen-bond acceptors (Lipinski definition) is 5. The zero-order valence-electron chi connectivity index (χ0n) is 15.5. The highest BCUT2D eigenvalue weighted by Gasteiger charge is 2.26. The molecule has 0 radical (unpaired) electrons. The molecule has 0 saturated carbocycles. The van der Waals surface area contributed by atoms with E-state index in [4.69, 9.17) is 14.9 Å². The van der Waals surface area contributed by atoms with Crippen LogP contribution in [-0.2, 0) is 4.79 Å². The number of furan rings is 1. The predicted octanol–water partition coefficient (Wildman–Crippen LogP) is 2.97. The lowest BCUT2D eigenvalue weighted by Crippen LogP contribution is -2.54. The highest BCUT2D eigenvalue weighted by molar-refractivity contribution is 6.02. The minimum Gasteiger partial charge on any atom is -0.484 e. The van der Waals surface area contributed by atoms with Gasteiger partial charge in [-0.25, -0.2) is 0 Å². The van der Waals surface area contributed by atoms with Gasteiger partial charge in [-0.3, -0.25) is 9.59 Å². The molecular formula is C19H26ClN3O4. The third-order valence-corrected chi connectivity index (χ3v) is 4.36. The van der Waals surface area contributed by atoms with E-state index >= 15 is 0 Å². The maximum absolute atomic E-state index is 12.2. The monoisotopic (exact) mass is 395 g/mol. The van der Waals surface area contributed by atoms with Crippen LogP contribution in [0.1, 0.15) is 37.2 Å². The first kappa shape index (κ1) is 22.5. The maximum atomic E-state index is 12.2. The van der Waals surface area contributed by atoms with E-state index in [1.165, 1.54) is 6.26 Å². The van der Waals surface area contributed by atoms with Gasteiger partial charge in [-0.1, -0.05) is 19.9 Å². The van der Waals surface area contributed by atoms with E-state index in [2.05, 4.69) is 10.6 Å². The predicted molar refractivity (Wildman–Crippen MR) is 106 cm³/mol. The van der Waals surface area contributed by atoms with E-state index in [0.717, 1.165) is 12.8 Å². The number of rotatable bonds is 9. The molecule has 8 heteroatoms. The molecule has 4 N–H and O–H groups in total. The molecule has 0 aliphatic carbocycles. The second-order valence-electron chi connectivity index (χ2n) is 5.99. The zero-order valence-corrected chi connectivity index (χ0v) is 16.3. The Morgan fingerprint density at radius 1 is 1.19 bits per heavy atom. The van der Waals surface area contributed by atoms with Crippen LogP contribution in [0.4, 0.5) is 5.69 Å². The Bertz CT molecular complexity index is 722. The minimum absolute atomic E-state index is 0. The number of halogens is 1. The fourth-order valence-electron chi connectivity index (χ4n) is 2.51. The van der Waals surface area contributed by atoms with Gasteiger partial charge in [-0.05, 0) is 37.1 Å². The Balaban J connectivity index is 0.00000364. The summed E-state index contributed by atoms with van der Waals surface area (Å²) in [6, 6.07) is 10.0. The summed E-state index contributed by atoms with van der Waals surface area (Å²) in [5.74, 6) is 0.101. The number of carbonyl (C=O) groups is 2. The van der Waals surface area contributed by atoms with Crippen molar-refractivity contribution in [3.8, 4) is 5.75 Å². The first-order chi connectivity index (χ1) is 12.5. The Labute approximate surface area is 165 Å². The molecular weight excluding hydrogens is 370 g/mol. The highest BCUT2D eigenvalue weighted by Crippen LogP contribution is 2.19. The molecule has 148 valence electrons. The van der Waals surface area contributed by atoms with Gasteiger partial charge in [0.2, 0.25) is 0 Å². The molecule has 1 heterocycles. The Morgan fingerprint density at radius 2 is 1.93 bits per heavy atom. The Kier molecular flexibility index (Phi) is 8.84. The summed E-state index contributed by atoms with van der Waals surface area (Å²) in [6.45, 7) is 4.22. The molecule has 1 aromatic carbocycles. The number of carbonyl (C=O) groups excluding carboxylic acids is 2. The van der Waals surface area contributed by atoms with Gasteiger partial charge in [0, 0.05) is 18.3 Å². The second kappa shape index (κ2) is 10.6. The van der Waals surface area contributed by atoms with Crippen molar-refractivity contribution >= 4 is 29.9 Å². The summed E-state index contributed by atoms with van der Waals surface area (Å²) in [4.78, 5) is 24.1. The van der Waals surface area contributed by atoms with Crippen molar-refractivity contribution in [3.63, 3.8) is 0 Å². The van der Waals surface area contributed by atoms with E-state index in [-0.39, 0.29) is 36.6 Å². The molecule has 0 fully saturated rings. The van der Waals surface area contributed by atoms with E-state index in [1.807, 2.05) is 13.8 Å². The van der Waals surface area contributed by atoms with Gasteiger partial charge >= 0.3 is 0 Å². The van der Waals surface area contributed by atoms with Crippen LogP contribution in [0, 0.1) is 0 Å². The number of amides is 2. The normalized spacial score (nSPS) is 10.6. The lowest BCUT2D eigenvalue weighted by atomic mass is 9.93. The number of nitrogens with one attached hydrogen (secondary N) is 2. The third kappa shape index (κ3) is 6.30. The van der Waals surface area contributed by atoms with E-state index in [0.29, 0.717) is 18.0 Å². The lowest BCUT2D eigenvalue weighted by molar-refractivity contribution is -0.125. The van der Waals surface area contributed by atoms with Crippen molar-refractivity contribution in [2.45, 2.75) is 32.2 Å². The standard InChI is InChI=1S/C19H25N3O4.ClH/c1-3-19(4-2,13-20)22-17(23)12-26-15-8-5-7-14(11-15)21-18(24)16-9-6-10-25-16;/h5-11H,3-4,12-13,20H2,1-2H3,(H,21,24)(H,22,23);1H. The molecule has 1 aromatic heterocycles. The zero-order chi connectivity index (χ0) is 19.0. The van der Waals surface area contributed by atoms with Crippen LogP contribution in [0.3, 0.4) is 0 Å². The van der Waals surface area contributed by atoms with Gasteiger partial charge in [-0.2, -0.15) is 0 Å². The number of benzene rings is 1. The van der Waals surface area contributed by atoms with Crippen LogP contribution in [0.25, 0.3) is 0 Å². The first-order valence-corrected chi connectivity index (χ1v) is 8.60. The summed E-state index contributed by atoms with van der Waals surface area (Å²) >= 11 is 0. The molecule has 2 aromatic rings. The molecule has 7 nitrogen and oxygen atoms in total. The third-order valence-electron chi connectivity index (χ3n) is 4.36. The smallest absolute Gasteiger partial charge is 0.291 e. The van der Waals surface area contributed by atoms with Crippen LogP contribution < -0.4 is 21.1 Å². The minimum atomic E-state index is -0.403. The van der Waals surface area contributed by atoms with Crippen LogP contribution in [0.2, 0.25) is 0 Å².